The summed E-state index contributed by atoms with van der Waals surface area (Å²) in [5, 5.41) is 0. The van der Waals surface area contributed by atoms with Gasteiger partial charge in [-0.15, -0.1) is 0 Å². The highest BCUT2D eigenvalue weighted by molar-refractivity contribution is 6.39. The van der Waals surface area contributed by atoms with E-state index < -0.39 is 7.32 Å². The molecule has 3 aromatic rings. The van der Waals surface area contributed by atoms with Crippen molar-refractivity contribution in [3.8, 4) is 17.2 Å². The van der Waals surface area contributed by atoms with Gasteiger partial charge in [0, 0.05) is 0 Å². The van der Waals surface area contributed by atoms with E-state index in [1.807, 2.05) is 18.2 Å². The molecule has 0 heterocycles. The average molecular weight is 458 g/mol. The van der Waals surface area contributed by atoms with Gasteiger partial charge in [-0.1, -0.05) is 59.7 Å². The van der Waals surface area contributed by atoms with Gasteiger partial charge in [-0.2, -0.15) is 0 Å². The molecule has 0 aliphatic heterocycles. The van der Waals surface area contributed by atoms with E-state index in [2.05, 4.69) is 77.9 Å². The molecule has 0 bridgehead atoms. The van der Waals surface area contributed by atoms with Crippen molar-refractivity contribution in [1.29, 1.82) is 0 Å². The molecular formula is C30H39BO3. The molecule has 34 heavy (non-hydrogen) atoms. The van der Waals surface area contributed by atoms with Gasteiger partial charge in [0.15, 0.2) is 0 Å². The van der Waals surface area contributed by atoms with E-state index in [1.54, 1.807) is 0 Å². The van der Waals surface area contributed by atoms with Gasteiger partial charge in [0.1, 0.15) is 17.2 Å². The Balaban J connectivity index is 1.91. The van der Waals surface area contributed by atoms with Crippen LogP contribution >= 0.6 is 0 Å². The molecule has 0 fully saturated rings. The fourth-order valence-electron chi connectivity index (χ4n) is 4.45. The van der Waals surface area contributed by atoms with Crippen LogP contribution in [0, 0.1) is 0 Å². The predicted molar refractivity (Wildman–Crippen MR) is 143 cm³/mol. The third-order valence-electron chi connectivity index (χ3n) is 6.52. The van der Waals surface area contributed by atoms with E-state index in [4.69, 9.17) is 14.0 Å². The van der Waals surface area contributed by atoms with E-state index in [0.717, 1.165) is 55.8 Å². The van der Waals surface area contributed by atoms with Crippen LogP contribution < -0.4 is 14.0 Å². The first-order valence-electron chi connectivity index (χ1n) is 12.9. The Kier molecular flexibility index (Phi) is 9.50. The van der Waals surface area contributed by atoms with Crippen LogP contribution in [0.2, 0.25) is 0 Å². The second-order valence-electron chi connectivity index (χ2n) is 8.56. The molecule has 0 atom stereocenters. The normalized spacial score (nSPS) is 10.8. The minimum atomic E-state index is -0.897. The average Bonchev–Trinajstić information content (AvgIpc) is 2.88. The third-order valence-corrected chi connectivity index (χ3v) is 6.52. The maximum Gasteiger partial charge on any atom is 0.864 e. The van der Waals surface area contributed by atoms with E-state index in [0.29, 0.717) is 0 Å². The van der Waals surface area contributed by atoms with Crippen molar-refractivity contribution < 1.29 is 14.0 Å². The molecule has 0 spiro atoms. The molecule has 0 saturated heterocycles. The summed E-state index contributed by atoms with van der Waals surface area (Å²) in [6, 6.07) is 18.8. The van der Waals surface area contributed by atoms with Crippen LogP contribution in [-0.2, 0) is 38.5 Å². The van der Waals surface area contributed by atoms with Crippen molar-refractivity contribution in [2.75, 3.05) is 0 Å². The Bertz CT molecular complexity index is 940. The van der Waals surface area contributed by atoms with Crippen molar-refractivity contribution in [1.82, 2.24) is 0 Å². The van der Waals surface area contributed by atoms with Gasteiger partial charge < -0.3 is 14.0 Å². The van der Waals surface area contributed by atoms with Crippen LogP contribution in [0.5, 0.6) is 17.2 Å². The van der Waals surface area contributed by atoms with Crippen molar-refractivity contribution >= 4 is 7.32 Å². The van der Waals surface area contributed by atoms with Crippen LogP contribution in [-0.4, -0.2) is 7.32 Å². The zero-order valence-corrected chi connectivity index (χ0v) is 21.7. The molecule has 0 radical (unpaired) electrons. The molecule has 0 unspecified atom stereocenters. The largest absolute Gasteiger partial charge is 0.864 e. The maximum atomic E-state index is 6.28. The number of rotatable bonds is 12. The maximum absolute atomic E-state index is 6.28. The number of hydrogen-bond donors (Lipinski definition) is 0. The summed E-state index contributed by atoms with van der Waals surface area (Å²) >= 11 is 0. The zero-order chi connectivity index (χ0) is 24.5. The summed E-state index contributed by atoms with van der Waals surface area (Å²) in [6.07, 6.45) is 5.91. The van der Waals surface area contributed by atoms with Crippen LogP contribution in [0.4, 0.5) is 0 Å². The van der Waals surface area contributed by atoms with Gasteiger partial charge in [-0.25, -0.2) is 0 Å². The smallest absolute Gasteiger partial charge is 0.490 e. The summed E-state index contributed by atoms with van der Waals surface area (Å²) in [5.41, 5.74) is 7.91. The standard InChI is InChI=1S/C30H39BO3/c1-7-22-13-16-28(19-25(22)10-4)32-31(33-29-17-14-23(8-2)26(11-5)20-29)34-30-18-15-24(9-3)27(12-6)21-30/h13-21H,7-12H2,1-6H3. The molecule has 3 nitrogen and oxygen atoms in total. The molecule has 0 aromatic heterocycles. The lowest BCUT2D eigenvalue weighted by Gasteiger charge is -2.19. The number of aryl methyl sites for hydroxylation is 6. The quantitative estimate of drug-likeness (QED) is 0.262. The minimum absolute atomic E-state index is 0.751. The predicted octanol–water partition coefficient (Wildman–Crippen LogP) is 7.58. The highest BCUT2D eigenvalue weighted by Crippen LogP contribution is 2.25. The van der Waals surface area contributed by atoms with Crippen LogP contribution in [0.1, 0.15) is 74.9 Å². The Hall–Kier alpha value is -2.88. The first-order valence-corrected chi connectivity index (χ1v) is 12.9. The van der Waals surface area contributed by atoms with Crippen LogP contribution in [0.25, 0.3) is 0 Å². The Morgan fingerprint density at radius 3 is 0.912 bits per heavy atom. The lowest BCUT2D eigenvalue weighted by molar-refractivity contribution is 0.307. The second-order valence-corrected chi connectivity index (χ2v) is 8.56. The summed E-state index contributed by atoms with van der Waals surface area (Å²) < 4.78 is 18.8. The number of hydrogen-bond acceptors (Lipinski definition) is 3. The highest BCUT2D eigenvalue weighted by Gasteiger charge is 2.31. The molecule has 0 aliphatic carbocycles. The van der Waals surface area contributed by atoms with E-state index in [1.165, 1.54) is 33.4 Å². The minimum Gasteiger partial charge on any atom is -0.490 e. The molecule has 3 aromatic carbocycles. The molecule has 0 aliphatic rings. The van der Waals surface area contributed by atoms with Crippen molar-refractivity contribution in [3.05, 3.63) is 88.0 Å². The summed E-state index contributed by atoms with van der Waals surface area (Å²) in [4.78, 5) is 0. The zero-order valence-electron chi connectivity index (χ0n) is 21.7. The van der Waals surface area contributed by atoms with Crippen LogP contribution in [0.15, 0.2) is 54.6 Å². The third kappa shape index (κ3) is 6.37. The fraction of sp³-hybridized carbons (Fsp3) is 0.400. The first kappa shape index (κ1) is 25.7. The van der Waals surface area contributed by atoms with Gasteiger partial charge in [0.05, 0.1) is 0 Å². The highest BCUT2D eigenvalue weighted by atomic mass is 16.7. The molecule has 0 saturated carbocycles. The summed E-state index contributed by atoms with van der Waals surface area (Å²) in [5.74, 6) is 2.25. The molecule has 0 N–H and O–H groups in total. The number of benzene rings is 3. The van der Waals surface area contributed by atoms with Gasteiger partial charge >= 0.3 is 7.32 Å². The summed E-state index contributed by atoms with van der Waals surface area (Å²) in [6.45, 7) is 13.1. The Morgan fingerprint density at radius 1 is 0.412 bits per heavy atom. The monoisotopic (exact) mass is 458 g/mol. The molecule has 4 heteroatoms. The van der Waals surface area contributed by atoms with E-state index >= 15 is 0 Å². The van der Waals surface area contributed by atoms with Gasteiger partial charge in [0.25, 0.3) is 0 Å². The van der Waals surface area contributed by atoms with E-state index in [9.17, 15) is 0 Å². The lowest BCUT2D eigenvalue weighted by atomic mass is 10.0. The molecule has 0 amide bonds. The van der Waals surface area contributed by atoms with Crippen molar-refractivity contribution in [2.24, 2.45) is 0 Å². The Morgan fingerprint density at radius 2 is 0.676 bits per heavy atom. The second kappa shape index (κ2) is 12.5. The van der Waals surface area contributed by atoms with Gasteiger partial charge in [0.2, 0.25) is 0 Å². The topological polar surface area (TPSA) is 27.7 Å². The van der Waals surface area contributed by atoms with Crippen molar-refractivity contribution in [2.45, 2.75) is 80.1 Å². The first-order chi connectivity index (χ1) is 16.5. The summed E-state index contributed by atoms with van der Waals surface area (Å²) in [7, 11) is -0.897. The van der Waals surface area contributed by atoms with Crippen LogP contribution in [0.3, 0.4) is 0 Å². The lowest BCUT2D eigenvalue weighted by Crippen LogP contribution is -2.37. The Labute approximate surface area is 206 Å². The molecule has 3 rings (SSSR count). The van der Waals surface area contributed by atoms with Crippen molar-refractivity contribution in [3.63, 3.8) is 0 Å². The molecule has 180 valence electrons. The SMILES string of the molecule is CCc1ccc(OB(Oc2ccc(CC)c(CC)c2)Oc2ccc(CC)c(CC)c2)cc1CC. The molecular weight excluding hydrogens is 419 g/mol. The van der Waals surface area contributed by atoms with E-state index in [-0.39, 0.29) is 0 Å². The van der Waals surface area contributed by atoms with Gasteiger partial charge in [-0.3, -0.25) is 0 Å². The fourth-order valence-corrected chi connectivity index (χ4v) is 4.45. The van der Waals surface area contributed by atoms with Gasteiger partial charge in [-0.05, 0) is 108 Å².